The summed E-state index contributed by atoms with van der Waals surface area (Å²) >= 11 is 0. The third-order valence-electron chi connectivity index (χ3n) is 7.07. The summed E-state index contributed by atoms with van der Waals surface area (Å²) in [6.07, 6.45) is 0.663. The largest absolute Gasteiger partial charge is 0.416 e. The number of rotatable bonds is 8. The summed E-state index contributed by atoms with van der Waals surface area (Å²) in [5.74, 6) is 0.612. The lowest BCUT2D eigenvalue weighted by atomic mass is 9.94. The van der Waals surface area contributed by atoms with E-state index in [4.69, 9.17) is 0 Å². The Morgan fingerprint density at radius 2 is 1.86 bits per heavy atom. The molecule has 1 saturated heterocycles. The molecule has 1 aliphatic heterocycles. The minimum atomic E-state index is -4.36. The second kappa shape index (κ2) is 9.80. The first-order chi connectivity index (χ1) is 17.2. The second-order valence-electron chi connectivity index (χ2n) is 9.96. The smallest absolute Gasteiger partial charge is 0.349 e. The number of ketones is 1. The van der Waals surface area contributed by atoms with Crippen LogP contribution < -0.4 is 4.90 Å². The van der Waals surface area contributed by atoms with E-state index in [2.05, 4.69) is 14.9 Å². The van der Waals surface area contributed by atoms with Gasteiger partial charge in [0.25, 0.3) is 0 Å². The predicted octanol–water partition coefficient (Wildman–Crippen LogP) is 4.87. The van der Waals surface area contributed by atoms with Crippen molar-refractivity contribution in [1.29, 1.82) is 0 Å². The molecule has 2 aliphatic rings. The molecule has 1 saturated carbocycles. The van der Waals surface area contributed by atoms with Gasteiger partial charge in [-0.2, -0.15) is 13.2 Å². The normalized spacial score (nSPS) is 21.1. The average Bonchev–Trinajstić information content (AvgIpc) is 3.59. The van der Waals surface area contributed by atoms with Gasteiger partial charge in [-0.3, -0.25) is 9.69 Å². The quantitative estimate of drug-likeness (QED) is 0.411. The van der Waals surface area contributed by atoms with Gasteiger partial charge in [0.15, 0.2) is 0 Å². The van der Waals surface area contributed by atoms with Gasteiger partial charge in [0.2, 0.25) is 0 Å². The zero-order valence-corrected chi connectivity index (χ0v) is 20.1. The highest BCUT2D eigenvalue weighted by Crippen LogP contribution is 2.36. The van der Waals surface area contributed by atoms with Crippen LogP contribution in [-0.4, -0.2) is 57.1 Å². The van der Waals surface area contributed by atoms with Crippen LogP contribution in [-0.2, 0) is 24.1 Å². The number of hydrogen-bond acceptors (Lipinski definition) is 5. The van der Waals surface area contributed by atoms with E-state index in [1.165, 1.54) is 25.4 Å². The summed E-state index contributed by atoms with van der Waals surface area (Å²) in [7, 11) is 0. The third kappa shape index (κ3) is 5.38. The van der Waals surface area contributed by atoms with Crippen LogP contribution in [0.1, 0.15) is 37.3 Å². The van der Waals surface area contributed by atoms with E-state index in [1.54, 1.807) is 0 Å². The van der Waals surface area contributed by atoms with Gasteiger partial charge in [-0.15, -0.1) is 0 Å². The van der Waals surface area contributed by atoms with Crippen molar-refractivity contribution < 1.29 is 22.4 Å². The zero-order valence-electron chi connectivity index (χ0n) is 20.1. The van der Waals surface area contributed by atoms with E-state index in [-0.39, 0.29) is 30.8 Å². The Balaban J connectivity index is 1.34. The van der Waals surface area contributed by atoms with Gasteiger partial charge in [-0.1, -0.05) is 12.1 Å². The summed E-state index contributed by atoms with van der Waals surface area (Å²) in [5.41, 5.74) is 0.833. The number of halogens is 4. The van der Waals surface area contributed by atoms with Crippen molar-refractivity contribution >= 4 is 22.6 Å². The molecule has 0 amide bonds. The molecule has 36 heavy (non-hydrogen) atoms. The predicted molar refractivity (Wildman–Crippen MR) is 128 cm³/mol. The van der Waals surface area contributed by atoms with Crippen molar-refractivity contribution in [1.82, 2.24) is 19.4 Å². The van der Waals surface area contributed by atoms with Gasteiger partial charge in [0.1, 0.15) is 29.7 Å². The number of alkyl halides is 4. The number of piperidine rings is 1. The number of aromatic nitrogens is 3. The number of benzene rings is 1. The fourth-order valence-electron chi connectivity index (χ4n) is 5.06. The number of Topliss-reactive ketones (excluding diaryl/α,β-unsaturated/α-hetero) is 1. The Labute approximate surface area is 206 Å². The van der Waals surface area contributed by atoms with Crippen LogP contribution in [0.25, 0.3) is 11.0 Å². The zero-order chi connectivity index (χ0) is 25.4. The molecule has 5 rings (SSSR count). The first-order valence-electron chi connectivity index (χ1n) is 12.3. The summed E-state index contributed by atoms with van der Waals surface area (Å²) in [6.45, 7) is 3.68. The van der Waals surface area contributed by atoms with E-state index >= 15 is 0 Å². The number of nitrogens with zero attached hydrogens (tertiary/aromatic N) is 5. The molecule has 3 aromatic rings. The Hall–Kier alpha value is -3.01. The molecule has 2 unspecified atom stereocenters. The van der Waals surface area contributed by atoms with Gasteiger partial charge in [0, 0.05) is 37.8 Å². The monoisotopic (exact) mass is 503 g/mol. The summed E-state index contributed by atoms with van der Waals surface area (Å²) in [5, 5.41) is 0.848. The van der Waals surface area contributed by atoms with Gasteiger partial charge in [-0.25, -0.2) is 14.4 Å². The minimum absolute atomic E-state index is 0.0396. The van der Waals surface area contributed by atoms with Crippen molar-refractivity contribution in [2.24, 2.45) is 5.92 Å². The highest BCUT2D eigenvalue weighted by molar-refractivity contribution is 5.88. The third-order valence-corrected chi connectivity index (χ3v) is 7.07. The number of fused-ring (bicyclic) bond motifs is 1. The molecule has 2 aromatic heterocycles. The Morgan fingerprint density at radius 1 is 1.11 bits per heavy atom. The molecule has 192 valence electrons. The molecule has 0 N–H and O–H groups in total. The van der Waals surface area contributed by atoms with Crippen LogP contribution in [0.2, 0.25) is 0 Å². The van der Waals surface area contributed by atoms with Crippen molar-refractivity contribution in [2.75, 3.05) is 24.5 Å². The van der Waals surface area contributed by atoms with Crippen LogP contribution >= 0.6 is 0 Å². The second-order valence-corrected chi connectivity index (χ2v) is 9.96. The van der Waals surface area contributed by atoms with Gasteiger partial charge >= 0.3 is 6.18 Å². The van der Waals surface area contributed by atoms with E-state index in [0.29, 0.717) is 26.1 Å². The molecule has 6 nitrogen and oxygen atoms in total. The number of hydrogen-bond donors (Lipinski definition) is 0. The Morgan fingerprint density at radius 3 is 2.50 bits per heavy atom. The van der Waals surface area contributed by atoms with Crippen LogP contribution in [0, 0.1) is 5.92 Å². The standard InChI is InChI=1S/C26H29F4N5O/c1-17(36)12-33-10-8-19(23(27)15-33)14-34-11-9-22-24(34)31-16-32-25(22)35(21-6-7-21)13-18-2-4-20(5-3-18)26(28,29)30/h2-5,9,11,16,19,21,23H,6-8,10,12-15H2,1H3. The lowest BCUT2D eigenvalue weighted by molar-refractivity contribution is -0.137. The molecule has 3 heterocycles. The van der Waals surface area contributed by atoms with Crippen molar-refractivity contribution in [2.45, 2.75) is 57.7 Å². The molecule has 0 bridgehead atoms. The van der Waals surface area contributed by atoms with E-state index < -0.39 is 17.9 Å². The molecule has 2 fully saturated rings. The Bertz CT molecular complexity index is 1220. The fraction of sp³-hybridized carbons (Fsp3) is 0.500. The summed E-state index contributed by atoms with van der Waals surface area (Å²) in [6, 6.07) is 7.46. The van der Waals surface area contributed by atoms with Crippen molar-refractivity contribution in [3.05, 3.63) is 54.0 Å². The summed E-state index contributed by atoms with van der Waals surface area (Å²) < 4.78 is 55.8. The highest BCUT2D eigenvalue weighted by Gasteiger charge is 2.34. The lowest BCUT2D eigenvalue weighted by Gasteiger charge is -2.34. The molecule has 2 atom stereocenters. The molecule has 1 aliphatic carbocycles. The molecule has 1 aromatic carbocycles. The van der Waals surface area contributed by atoms with E-state index in [1.807, 2.05) is 21.7 Å². The van der Waals surface area contributed by atoms with Crippen LogP contribution in [0.5, 0.6) is 0 Å². The minimum Gasteiger partial charge on any atom is -0.349 e. The van der Waals surface area contributed by atoms with Gasteiger partial charge < -0.3 is 9.47 Å². The number of likely N-dealkylation sites (tertiary alicyclic amines) is 1. The Kier molecular flexibility index (Phi) is 6.72. The molecular formula is C26H29F4N5O. The molecule has 0 spiro atoms. The number of anilines is 1. The number of carbonyl (C=O) groups excluding carboxylic acids is 1. The topological polar surface area (TPSA) is 54.3 Å². The van der Waals surface area contributed by atoms with Crippen LogP contribution in [0.4, 0.5) is 23.4 Å². The first kappa shape index (κ1) is 24.7. The highest BCUT2D eigenvalue weighted by atomic mass is 19.4. The van der Waals surface area contributed by atoms with Gasteiger partial charge in [0.05, 0.1) is 17.5 Å². The van der Waals surface area contributed by atoms with E-state index in [0.717, 1.165) is 47.4 Å². The fourth-order valence-corrected chi connectivity index (χ4v) is 5.06. The maximum atomic E-state index is 14.9. The number of carbonyl (C=O) groups is 1. The van der Waals surface area contributed by atoms with Crippen LogP contribution in [0.3, 0.4) is 0 Å². The van der Waals surface area contributed by atoms with E-state index in [9.17, 15) is 22.4 Å². The maximum absolute atomic E-state index is 14.9. The first-order valence-corrected chi connectivity index (χ1v) is 12.3. The van der Waals surface area contributed by atoms with Crippen molar-refractivity contribution in [3.8, 4) is 0 Å². The summed E-state index contributed by atoms with van der Waals surface area (Å²) in [4.78, 5) is 24.4. The SMILES string of the molecule is CC(=O)CN1CCC(Cn2ccc3c(N(Cc4ccc(C(F)(F)F)cc4)C4CC4)ncnc32)C(F)C1. The average molecular weight is 504 g/mol. The van der Waals surface area contributed by atoms with Crippen molar-refractivity contribution in [3.63, 3.8) is 0 Å². The van der Waals surface area contributed by atoms with Gasteiger partial charge in [-0.05, 0) is 56.5 Å². The molecule has 10 heteroatoms. The lowest BCUT2D eigenvalue weighted by Crippen LogP contribution is -2.44. The van der Waals surface area contributed by atoms with Crippen LogP contribution in [0.15, 0.2) is 42.9 Å². The molecule has 0 radical (unpaired) electrons. The molecular weight excluding hydrogens is 474 g/mol. The maximum Gasteiger partial charge on any atom is 0.416 e.